The molecule has 32 heavy (non-hydrogen) atoms. The number of hydrogen-bond acceptors (Lipinski definition) is 3. The Labute approximate surface area is 193 Å². The van der Waals surface area contributed by atoms with Gasteiger partial charge in [0.1, 0.15) is 0 Å². The third-order valence-corrected chi connectivity index (χ3v) is 7.83. The Balaban J connectivity index is 1.32. The van der Waals surface area contributed by atoms with Gasteiger partial charge >= 0.3 is 0 Å². The van der Waals surface area contributed by atoms with Gasteiger partial charge in [-0.15, -0.1) is 0 Å². The number of aliphatic hydroxyl groups is 1. The van der Waals surface area contributed by atoms with Gasteiger partial charge in [0.25, 0.3) is 0 Å². The van der Waals surface area contributed by atoms with Crippen molar-refractivity contribution in [2.24, 2.45) is 0 Å². The number of nitrogens with zero attached hydrogens (tertiary/aromatic N) is 1. The molecule has 1 saturated carbocycles. The van der Waals surface area contributed by atoms with Crippen molar-refractivity contribution in [1.29, 1.82) is 0 Å². The molecule has 5 nitrogen and oxygen atoms in total. The smallest absolute Gasteiger partial charge is 0.219 e. The SMILES string of the molecule is CNC(=O)CCCCCN1CCC[C@@H]1Cc1c[nH]c2ccc(CCC3(O)CCCC3)cc12. The summed E-state index contributed by atoms with van der Waals surface area (Å²) in [4.78, 5) is 17.5. The van der Waals surface area contributed by atoms with Crippen molar-refractivity contribution in [3.63, 3.8) is 0 Å². The van der Waals surface area contributed by atoms with E-state index in [1.54, 1.807) is 7.05 Å². The van der Waals surface area contributed by atoms with Crippen LogP contribution in [0.25, 0.3) is 10.9 Å². The van der Waals surface area contributed by atoms with Crippen molar-refractivity contribution >= 4 is 16.8 Å². The average Bonchev–Trinajstić information content (AvgIpc) is 3.53. The van der Waals surface area contributed by atoms with Crippen molar-refractivity contribution in [2.45, 2.75) is 95.1 Å². The second-order valence-electron chi connectivity index (χ2n) is 10.1. The number of hydrogen-bond donors (Lipinski definition) is 3. The lowest BCUT2D eigenvalue weighted by Crippen LogP contribution is -2.32. The van der Waals surface area contributed by atoms with Gasteiger partial charge in [-0.25, -0.2) is 0 Å². The topological polar surface area (TPSA) is 68.4 Å². The van der Waals surface area contributed by atoms with E-state index in [9.17, 15) is 9.90 Å². The lowest BCUT2D eigenvalue weighted by molar-refractivity contribution is -0.120. The van der Waals surface area contributed by atoms with E-state index in [1.807, 2.05) is 0 Å². The number of aryl methyl sites for hydroxylation is 1. The van der Waals surface area contributed by atoms with Crippen LogP contribution in [-0.4, -0.2) is 52.7 Å². The molecule has 5 heteroatoms. The number of nitrogens with one attached hydrogen (secondary N) is 2. The van der Waals surface area contributed by atoms with Gasteiger partial charge in [-0.2, -0.15) is 0 Å². The molecule has 2 aliphatic rings. The molecule has 1 atom stereocenters. The molecule has 1 aliphatic carbocycles. The van der Waals surface area contributed by atoms with E-state index in [2.05, 4.69) is 39.6 Å². The summed E-state index contributed by atoms with van der Waals surface area (Å²) in [5.41, 5.74) is 3.57. The largest absolute Gasteiger partial charge is 0.390 e. The Hall–Kier alpha value is -1.85. The lowest BCUT2D eigenvalue weighted by atomic mass is 9.92. The molecule has 2 aromatic rings. The summed E-state index contributed by atoms with van der Waals surface area (Å²) in [5, 5.41) is 14.8. The summed E-state index contributed by atoms with van der Waals surface area (Å²) in [6.07, 6.45) is 15.9. The number of unbranched alkanes of at least 4 members (excludes halogenated alkanes) is 2. The van der Waals surface area contributed by atoms with Gasteiger partial charge in [-0.3, -0.25) is 4.79 Å². The molecular weight excluding hydrogens is 398 g/mol. The standard InChI is InChI=1S/C27H41N3O2/c1-28-26(31)9-3-2-6-16-30-17-7-8-23(30)19-22-20-29-25-11-10-21(18-24(22)25)12-15-27(32)13-4-5-14-27/h10-11,18,20,23,29,32H,2-9,12-17,19H2,1H3,(H,28,31)/t23-/m1/s1. The molecule has 176 valence electrons. The first-order valence-corrected chi connectivity index (χ1v) is 12.8. The molecule has 4 rings (SSSR count). The highest BCUT2D eigenvalue weighted by Crippen LogP contribution is 2.34. The van der Waals surface area contributed by atoms with Gasteiger partial charge in [0.15, 0.2) is 0 Å². The molecule has 0 radical (unpaired) electrons. The number of carbonyl (C=O) groups is 1. The van der Waals surface area contributed by atoms with Gasteiger partial charge in [0, 0.05) is 36.6 Å². The number of H-pyrrole nitrogens is 1. The van der Waals surface area contributed by atoms with Crippen LogP contribution in [0, 0.1) is 0 Å². The van der Waals surface area contributed by atoms with Gasteiger partial charge in [-0.05, 0) is 94.1 Å². The molecule has 1 aromatic carbocycles. The van der Waals surface area contributed by atoms with E-state index < -0.39 is 5.60 Å². The summed E-state index contributed by atoms with van der Waals surface area (Å²) >= 11 is 0. The van der Waals surface area contributed by atoms with E-state index in [1.165, 1.54) is 60.7 Å². The maximum Gasteiger partial charge on any atom is 0.219 e. The van der Waals surface area contributed by atoms with Gasteiger partial charge in [0.2, 0.25) is 5.91 Å². The fraction of sp³-hybridized carbons (Fsp3) is 0.667. The molecule has 2 heterocycles. The third kappa shape index (κ3) is 5.93. The Morgan fingerprint density at radius 1 is 1.22 bits per heavy atom. The molecule has 3 N–H and O–H groups in total. The number of rotatable bonds is 11. The van der Waals surface area contributed by atoms with Crippen LogP contribution in [0.15, 0.2) is 24.4 Å². The minimum absolute atomic E-state index is 0.153. The maximum absolute atomic E-state index is 11.4. The van der Waals surface area contributed by atoms with Gasteiger partial charge in [-0.1, -0.05) is 25.3 Å². The zero-order chi connectivity index (χ0) is 22.4. The number of benzene rings is 1. The summed E-state index contributed by atoms with van der Waals surface area (Å²) in [5.74, 6) is 0.153. The van der Waals surface area contributed by atoms with Crippen molar-refractivity contribution < 1.29 is 9.90 Å². The minimum atomic E-state index is -0.430. The minimum Gasteiger partial charge on any atom is -0.390 e. The molecular formula is C27H41N3O2. The number of aromatic amines is 1. The van der Waals surface area contributed by atoms with Crippen molar-refractivity contribution in [1.82, 2.24) is 15.2 Å². The molecule has 1 saturated heterocycles. The molecule has 2 fully saturated rings. The van der Waals surface area contributed by atoms with Crippen LogP contribution < -0.4 is 5.32 Å². The van der Waals surface area contributed by atoms with Crippen LogP contribution in [0.4, 0.5) is 0 Å². The number of fused-ring (bicyclic) bond motifs is 1. The Kier molecular flexibility index (Phi) is 7.90. The van der Waals surface area contributed by atoms with E-state index >= 15 is 0 Å². The Bertz CT molecular complexity index is 884. The lowest BCUT2D eigenvalue weighted by Gasteiger charge is -2.24. The van der Waals surface area contributed by atoms with Crippen LogP contribution in [0.1, 0.15) is 81.8 Å². The summed E-state index contributed by atoms with van der Waals surface area (Å²) in [6.45, 7) is 2.34. The number of likely N-dealkylation sites (tertiary alicyclic amines) is 1. The molecule has 1 amide bonds. The van der Waals surface area contributed by atoms with Crippen molar-refractivity contribution in [2.75, 3.05) is 20.1 Å². The van der Waals surface area contributed by atoms with Crippen LogP contribution in [0.2, 0.25) is 0 Å². The fourth-order valence-corrected chi connectivity index (χ4v) is 5.79. The highest BCUT2D eigenvalue weighted by atomic mass is 16.3. The second kappa shape index (κ2) is 10.8. The zero-order valence-corrected chi connectivity index (χ0v) is 19.8. The Morgan fingerprint density at radius 2 is 2.06 bits per heavy atom. The first-order valence-electron chi connectivity index (χ1n) is 12.8. The predicted octanol–water partition coefficient (Wildman–Crippen LogP) is 4.72. The molecule has 1 aliphatic heterocycles. The maximum atomic E-state index is 11.4. The normalized spacial score (nSPS) is 20.9. The van der Waals surface area contributed by atoms with Crippen LogP contribution in [0.3, 0.4) is 0 Å². The van der Waals surface area contributed by atoms with Crippen LogP contribution in [0.5, 0.6) is 0 Å². The summed E-state index contributed by atoms with van der Waals surface area (Å²) in [6, 6.07) is 7.42. The molecule has 1 aromatic heterocycles. The van der Waals surface area contributed by atoms with Crippen molar-refractivity contribution in [3.05, 3.63) is 35.5 Å². The van der Waals surface area contributed by atoms with Gasteiger partial charge in [0.05, 0.1) is 5.60 Å². The predicted molar refractivity (Wildman–Crippen MR) is 131 cm³/mol. The van der Waals surface area contributed by atoms with E-state index in [0.29, 0.717) is 12.5 Å². The van der Waals surface area contributed by atoms with Crippen molar-refractivity contribution in [3.8, 4) is 0 Å². The van der Waals surface area contributed by atoms with Crippen LogP contribution >= 0.6 is 0 Å². The quantitative estimate of drug-likeness (QED) is 0.444. The first kappa shape index (κ1) is 23.3. The summed E-state index contributed by atoms with van der Waals surface area (Å²) in [7, 11) is 1.71. The van der Waals surface area contributed by atoms with E-state index in [4.69, 9.17) is 0 Å². The second-order valence-corrected chi connectivity index (χ2v) is 10.1. The average molecular weight is 440 g/mol. The Morgan fingerprint density at radius 3 is 2.88 bits per heavy atom. The molecule has 0 unspecified atom stereocenters. The fourth-order valence-electron chi connectivity index (χ4n) is 5.79. The number of amides is 1. The van der Waals surface area contributed by atoms with Crippen LogP contribution in [-0.2, 0) is 17.6 Å². The number of aromatic nitrogens is 1. The highest BCUT2D eigenvalue weighted by Gasteiger charge is 2.30. The molecule has 0 spiro atoms. The van der Waals surface area contributed by atoms with Gasteiger partial charge < -0.3 is 20.3 Å². The highest BCUT2D eigenvalue weighted by molar-refractivity contribution is 5.84. The monoisotopic (exact) mass is 439 g/mol. The number of carbonyl (C=O) groups excluding carboxylic acids is 1. The first-order chi connectivity index (χ1) is 15.6. The molecule has 0 bridgehead atoms. The van der Waals surface area contributed by atoms with E-state index in [-0.39, 0.29) is 5.91 Å². The third-order valence-electron chi connectivity index (χ3n) is 7.83. The zero-order valence-electron chi connectivity index (χ0n) is 19.8. The summed E-state index contributed by atoms with van der Waals surface area (Å²) < 4.78 is 0. The van der Waals surface area contributed by atoms with E-state index in [0.717, 1.165) is 51.5 Å².